The van der Waals surface area contributed by atoms with Gasteiger partial charge in [0.15, 0.2) is 5.96 Å². The van der Waals surface area contributed by atoms with E-state index in [9.17, 15) is 0 Å². The number of hydrogen-bond acceptors (Lipinski definition) is 4. The topological polar surface area (TPSA) is 80.0 Å². The van der Waals surface area contributed by atoms with Crippen molar-refractivity contribution < 1.29 is 0 Å². The Bertz CT molecular complexity index is 859. The normalized spacial score (nSPS) is 11.4. The van der Waals surface area contributed by atoms with Crippen molar-refractivity contribution in [1.29, 1.82) is 0 Å². The number of nitrogens with one attached hydrogen (secondary N) is 2. The molecule has 0 atom stereocenters. The van der Waals surface area contributed by atoms with E-state index in [1.807, 2.05) is 30.5 Å². The predicted octanol–water partition coefficient (Wildman–Crippen LogP) is 2.26. The van der Waals surface area contributed by atoms with Crippen LogP contribution in [0, 0.1) is 0 Å². The van der Waals surface area contributed by atoms with Gasteiger partial charge in [0.2, 0.25) is 0 Å². The van der Waals surface area contributed by atoms with Crippen LogP contribution in [0.15, 0.2) is 66.0 Å². The molecule has 0 aliphatic heterocycles. The highest BCUT2D eigenvalue weighted by Crippen LogP contribution is 1.99. The number of pyridine rings is 1. The molecule has 3 aromatic rings. The van der Waals surface area contributed by atoms with Gasteiger partial charge in [-0.05, 0) is 24.1 Å². The molecular formula is C22H29N7. The number of nitrogens with zero attached hydrogens (tertiary/aromatic N) is 5. The minimum Gasteiger partial charge on any atom is -0.356 e. The number of benzene rings is 1. The molecular weight excluding hydrogens is 362 g/mol. The van der Waals surface area contributed by atoms with Gasteiger partial charge in [-0.25, -0.2) is 0 Å². The standard InChI is InChI=1S/C22H29N7/c1-2-21-28-27-18-29(21)17-16-26-22(24-14-11-19-8-4-3-5-9-19)25-15-12-20-10-6-7-13-23-20/h3-10,13,18H,2,11-12,14-17H2,1H3,(H2,24,25,26). The quantitative estimate of drug-likeness (QED) is 0.409. The van der Waals surface area contributed by atoms with Crippen molar-refractivity contribution in [1.82, 2.24) is 30.4 Å². The number of aryl methyl sites for hydroxylation is 1. The summed E-state index contributed by atoms with van der Waals surface area (Å²) in [5, 5.41) is 15.0. The zero-order valence-electron chi connectivity index (χ0n) is 17.0. The van der Waals surface area contributed by atoms with Crippen LogP contribution in [0.3, 0.4) is 0 Å². The lowest BCUT2D eigenvalue weighted by atomic mass is 10.1. The SMILES string of the molecule is CCc1nncn1CCNC(=NCCc1ccccn1)NCCc1ccccc1. The van der Waals surface area contributed by atoms with Crippen LogP contribution in [0.4, 0.5) is 0 Å². The van der Waals surface area contributed by atoms with Gasteiger partial charge in [0, 0.05) is 50.9 Å². The Balaban J connectivity index is 1.52. The highest BCUT2D eigenvalue weighted by Gasteiger charge is 2.03. The van der Waals surface area contributed by atoms with Gasteiger partial charge >= 0.3 is 0 Å². The van der Waals surface area contributed by atoms with E-state index in [0.717, 1.165) is 56.4 Å². The predicted molar refractivity (Wildman–Crippen MR) is 116 cm³/mol. The molecule has 0 amide bonds. The molecule has 0 saturated heterocycles. The van der Waals surface area contributed by atoms with Crippen molar-refractivity contribution in [2.24, 2.45) is 4.99 Å². The molecule has 0 unspecified atom stereocenters. The van der Waals surface area contributed by atoms with Crippen LogP contribution in [-0.2, 0) is 25.8 Å². The summed E-state index contributed by atoms with van der Waals surface area (Å²) in [6.45, 7) is 5.15. The summed E-state index contributed by atoms with van der Waals surface area (Å²) in [5.41, 5.74) is 2.36. The van der Waals surface area contributed by atoms with Crippen molar-refractivity contribution in [3.8, 4) is 0 Å². The summed E-state index contributed by atoms with van der Waals surface area (Å²) in [6, 6.07) is 16.4. The van der Waals surface area contributed by atoms with Crippen molar-refractivity contribution in [2.45, 2.75) is 32.7 Å². The monoisotopic (exact) mass is 391 g/mol. The van der Waals surface area contributed by atoms with Crippen LogP contribution in [0.1, 0.15) is 24.0 Å². The fourth-order valence-corrected chi connectivity index (χ4v) is 3.01. The lowest BCUT2D eigenvalue weighted by molar-refractivity contribution is 0.631. The maximum Gasteiger partial charge on any atom is 0.191 e. The molecule has 2 heterocycles. The fourth-order valence-electron chi connectivity index (χ4n) is 3.01. The molecule has 29 heavy (non-hydrogen) atoms. The third kappa shape index (κ3) is 7.03. The molecule has 1 aromatic carbocycles. The second kappa shape index (κ2) is 11.6. The minimum absolute atomic E-state index is 0.685. The van der Waals surface area contributed by atoms with Crippen LogP contribution >= 0.6 is 0 Å². The Morgan fingerprint density at radius 2 is 1.83 bits per heavy atom. The van der Waals surface area contributed by atoms with Crippen molar-refractivity contribution in [3.63, 3.8) is 0 Å². The van der Waals surface area contributed by atoms with Gasteiger partial charge in [-0.1, -0.05) is 43.3 Å². The van der Waals surface area contributed by atoms with Crippen LogP contribution in [0.5, 0.6) is 0 Å². The lowest BCUT2D eigenvalue weighted by Crippen LogP contribution is -2.40. The first-order chi connectivity index (χ1) is 14.3. The first-order valence-corrected chi connectivity index (χ1v) is 10.2. The van der Waals surface area contributed by atoms with Gasteiger partial charge in [-0.3, -0.25) is 9.98 Å². The Morgan fingerprint density at radius 3 is 2.62 bits per heavy atom. The van der Waals surface area contributed by atoms with Gasteiger partial charge in [0.1, 0.15) is 12.2 Å². The second-order valence-electron chi connectivity index (χ2n) is 6.68. The Morgan fingerprint density at radius 1 is 1.00 bits per heavy atom. The summed E-state index contributed by atoms with van der Waals surface area (Å²) >= 11 is 0. The van der Waals surface area contributed by atoms with E-state index in [-0.39, 0.29) is 0 Å². The summed E-state index contributed by atoms with van der Waals surface area (Å²) in [5.74, 6) is 1.82. The highest BCUT2D eigenvalue weighted by atomic mass is 15.3. The third-order valence-electron chi connectivity index (χ3n) is 4.57. The zero-order valence-corrected chi connectivity index (χ0v) is 17.0. The first-order valence-electron chi connectivity index (χ1n) is 10.2. The molecule has 7 nitrogen and oxygen atoms in total. The number of aromatic nitrogens is 4. The zero-order chi connectivity index (χ0) is 20.2. The molecule has 3 rings (SSSR count). The third-order valence-corrected chi connectivity index (χ3v) is 4.57. The van der Waals surface area contributed by atoms with E-state index in [4.69, 9.17) is 4.99 Å². The maximum atomic E-state index is 4.73. The van der Waals surface area contributed by atoms with Crippen LogP contribution < -0.4 is 10.6 Å². The largest absolute Gasteiger partial charge is 0.356 e. The molecule has 0 spiro atoms. The number of aliphatic imine (C=N–C) groups is 1. The van der Waals surface area contributed by atoms with E-state index in [1.54, 1.807) is 6.33 Å². The molecule has 152 valence electrons. The average molecular weight is 392 g/mol. The Hall–Kier alpha value is -3.22. The summed E-state index contributed by atoms with van der Waals surface area (Å²) in [4.78, 5) is 9.09. The van der Waals surface area contributed by atoms with E-state index in [1.165, 1.54) is 5.56 Å². The van der Waals surface area contributed by atoms with E-state index in [0.29, 0.717) is 6.54 Å². The first kappa shape index (κ1) is 20.5. The van der Waals surface area contributed by atoms with E-state index < -0.39 is 0 Å². The van der Waals surface area contributed by atoms with E-state index >= 15 is 0 Å². The van der Waals surface area contributed by atoms with Crippen molar-refractivity contribution in [3.05, 3.63) is 78.1 Å². The molecule has 2 N–H and O–H groups in total. The molecule has 0 bridgehead atoms. The number of hydrogen-bond donors (Lipinski definition) is 2. The highest BCUT2D eigenvalue weighted by molar-refractivity contribution is 5.79. The van der Waals surface area contributed by atoms with Crippen LogP contribution in [0.2, 0.25) is 0 Å². The molecule has 7 heteroatoms. The lowest BCUT2D eigenvalue weighted by Gasteiger charge is -2.13. The van der Waals surface area contributed by atoms with E-state index in [2.05, 4.69) is 61.6 Å². The van der Waals surface area contributed by atoms with Gasteiger partial charge in [-0.15, -0.1) is 10.2 Å². The average Bonchev–Trinajstić information content (AvgIpc) is 3.22. The van der Waals surface area contributed by atoms with Crippen LogP contribution in [-0.4, -0.2) is 45.3 Å². The van der Waals surface area contributed by atoms with Crippen molar-refractivity contribution in [2.75, 3.05) is 19.6 Å². The molecule has 0 saturated carbocycles. The second-order valence-corrected chi connectivity index (χ2v) is 6.68. The van der Waals surface area contributed by atoms with Gasteiger partial charge in [0.25, 0.3) is 0 Å². The minimum atomic E-state index is 0.685. The van der Waals surface area contributed by atoms with Gasteiger partial charge in [-0.2, -0.15) is 0 Å². The van der Waals surface area contributed by atoms with Gasteiger partial charge < -0.3 is 15.2 Å². The maximum absolute atomic E-state index is 4.73. The molecule has 0 aliphatic carbocycles. The van der Waals surface area contributed by atoms with Crippen LogP contribution in [0.25, 0.3) is 0 Å². The molecule has 0 aliphatic rings. The molecule has 0 fully saturated rings. The number of rotatable bonds is 10. The fraction of sp³-hybridized carbons (Fsp3) is 0.364. The van der Waals surface area contributed by atoms with Gasteiger partial charge in [0.05, 0.1) is 0 Å². The molecule has 0 radical (unpaired) electrons. The molecule has 2 aromatic heterocycles. The summed E-state index contributed by atoms with van der Waals surface area (Å²) < 4.78 is 2.07. The summed E-state index contributed by atoms with van der Waals surface area (Å²) in [6.07, 6.45) is 6.24. The Kier molecular flexibility index (Phi) is 8.19. The number of guanidine groups is 1. The van der Waals surface area contributed by atoms with Crippen molar-refractivity contribution >= 4 is 5.96 Å². The summed E-state index contributed by atoms with van der Waals surface area (Å²) in [7, 11) is 0. The smallest absolute Gasteiger partial charge is 0.191 e. The Labute approximate surface area is 172 Å².